The molecule has 1 unspecified atom stereocenters. The highest BCUT2D eigenvalue weighted by Gasteiger charge is 2.20. The highest BCUT2D eigenvalue weighted by molar-refractivity contribution is 5.67. The van der Waals surface area contributed by atoms with Crippen molar-refractivity contribution >= 4 is 0 Å². The first-order valence-corrected chi connectivity index (χ1v) is 6.29. The maximum Gasteiger partial charge on any atom is 0.119 e. The lowest BCUT2D eigenvalue weighted by atomic mass is 9.94. The van der Waals surface area contributed by atoms with E-state index in [9.17, 15) is 0 Å². The van der Waals surface area contributed by atoms with Gasteiger partial charge in [0.25, 0.3) is 0 Å². The molecule has 0 N–H and O–H groups in total. The van der Waals surface area contributed by atoms with Gasteiger partial charge in [0, 0.05) is 0 Å². The number of hydrogen-bond acceptors (Lipinski definition) is 2. The molecule has 0 bridgehead atoms. The highest BCUT2D eigenvalue weighted by atomic mass is 17.2. The Hall–Kier alpha value is -1.64. The smallest absolute Gasteiger partial charge is 0.119 e. The molecule has 0 saturated carbocycles. The van der Waals surface area contributed by atoms with E-state index in [1.807, 2.05) is 30.3 Å². The van der Waals surface area contributed by atoms with Crippen molar-refractivity contribution in [3.8, 4) is 11.1 Å². The van der Waals surface area contributed by atoms with Crippen molar-refractivity contribution in [2.45, 2.75) is 18.9 Å². The average molecular weight is 239 g/mol. The molecule has 2 heteroatoms. The molecule has 1 aliphatic rings. The number of rotatable bonds is 2. The molecule has 1 atom stereocenters. The van der Waals surface area contributed by atoms with Crippen LogP contribution in [0.2, 0.25) is 0 Å². The van der Waals surface area contributed by atoms with E-state index in [0.29, 0.717) is 6.61 Å². The van der Waals surface area contributed by atoms with Crippen LogP contribution < -0.4 is 0 Å². The zero-order chi connectivity index (χ0) is 12.2. The molecule has 1 fully saturated rings. The quantitative estimate of drug-likeness (QED) is 0.739. The van der Waals surface area contributed by atoms with E-state index >= 15 is 0 Å². The molecule has 1 aliphatic heterocycles. The van der Waals surface area contributed by atoms with Crippen LogP contribution in [-0.4, -0.2) is 6.61 Å². The second kappa shape index (κ2) is 5.34. The molecular weight excluding hydrogens is 224 g/mol. The summed E-state index contributed by atoms with van der Waals surface area (Å²) in [5.74, 6) is 0. The molecule has 2 aromatic rings. The van der Waals surface area contributed by atoms with Crippen molar-refractivity contribution in [2.75, 3.05) is 6.61 Å². The minimum absolute atomic E-state index is 0.00449. The summed E-state index contributed by atoms with van der Waals surface area (Å²) in [4.78, 5) is 10.5. The third-order valence-corrected chi connectivity index (χ3v) is 3.17. The minimum atomic E-state index is -0.00449. The summed E-state index contributed by atoms with van der Waals surface area (Å²) in [6.07, 6.45) is 2.01. The third kappa shape index (κ3) is 2.30. The normalized spacial score (nSPS) is 19.7. The van der Waals surface area contributed by atoms with E-state index in [1.165, 1.54) is 11.1 Å². The predicted molar refractivity (Wildman–Crippen MR) is 69.7 cm³/mol. The fourth-order valence-electron chi connectivity index (χ4n) is 2.28. The van der Waals surface area contributed by atoms with Crippen molar-refractivity contribution in [2.24, 2.45) is 0 Å². The molecule has 1 radical (unpaired) electrons. The molecule has 91 valence electrons. The van der Waals surface area contributed by atoms with Gasteiger partial charge in [-0.25, -0.2) is 9.78 Å². The van der Waals surface area contributed by atoms with E-state index in [-0.39, 0.29) is 6.10 Å². The fraction of sp³-hybridized carbons (Fsp3) is 0.250. The van der Waals surface area contributed by atoms with Crippen LogP contribution in [-0.2, 0) is 9.78 Å². The van der Waals surface area contributed by atoms with Crippen LogP contribution in [0.25, 0.3) is 11.1 Å². The van der Waals surface area contributed by atoms with Crippen LogP contribution >= 0.6 is 0 Å². The molecule has 2 nitrogen and oxygen atoms in total. The van der Waals surface area contributed by atoms with Crippen molar-refractivity contribution in [3.05, 3.63) is 60.2 Å². The van der Waals surface area contributed by atoms with Gasteiger partial charge in [-0.05, 0) is 35.6 Å². The molecule has 0 aromatic heterocycles. The Morgan fingerprint density at radius 2 is 1.94 bits per heavy atom. The van der Waals surface area contributed by atoms with Gasteiger partial charge in [-0.2, -0.15) is 0 Å². The second-order valence-electron chi connectivity index (χ2n) is 4.41. The van der Waals surface area contributed by atoms with Crippen molar-refractivity contribution in [3.63, 3.8) is 0 Å². The summed E-state index contributed by atoms with van der Waals surface area (Å²) in [6.45, 7) is 0.685. The van der Waals surface area contributed by atoms with Crippen LogP contribution in [0.5, 0.6) is 0 Å². The molecule has 2 aromatic carbocycles. The maximum atomic E-state index is 5.39. The van der Waals surface area contributed by atoms with Crippen LogP contribution in [0.1, 0.15) is 24.5 Å². The lowest BCUT2D eigenvalue weighted by molar-refractivity contribution is -0.347. The summed E-state index contributed by atoms with van der Waals surface area (Å²) >= 11 is 0. The average Bonchev–Trinajstić information content (AvgIpc) is 2.49. The molecule has 1 heterocycles. The molecule has 3 rings (SSSR count). The van der Waals surface area contributed by atoms with Gasteiger partial charge in [0.05, 0.1) is 6.61 Å². The largest absolute Gasteiger partial charge is 0.236 e. The van der Waals surface area contributed by atoms with Crippen molar-refractivity contribution < 1.29 is 9.78 Å². The van der Waals surface area contributed by atoms with Gasteiger partial charge in [-0.1, -0.05) is 48.5 Å². The number of benzene rings is 2. The summed E-state index contributed by atoms with van der Waals surface area (Å²) in [7, 11) is 0. The predicted octanol–water partition coefficient (Wildman–Crippen LogP) is 3.94. The van der Waals surface area contributed by atoms with E-state index < -0.39 is 0 Å². The lowest BCUT2D eigenvalue weighted by Crippen LogP contribution is -2.14. The first-order valence-electron chi connectivity index (χ1n) is 6.29. The zero-order valence-electron chi connectivity index (χ0n) is 10.1. The molecule has 1 saturated heterocycles. The van der Waals surface area contributed by atoms with E-state index in [1.54, 1.807) is 0 Å². The zero-order valence-corrected chi connectivity index (χ0v) is 10.1. The Morgan fingerprint density at radius 3 is 2.72 bits per heavy atom. The molecule has 0 amide bonds. The topological polar surface area (TPSA) is 18.5 Å². The van der Waals surface area contributed by atoms with Gasteiger partial charge in [-0.15, -0.1) is 0 Å². The SMILES string of the molecule is [c]1cccc(-c2ccccc2)c1C1CCCOO1. The Labute approximate surface area is 107 Å². The van der Waals surface area contributed by atoms with Gasteiger partial charge in [-0.3, -0.25) is 0 Å². The van der Waals surface area contributed by atoms with Crippen LogP contribution in [0.4, 0.5) is 0 Å². The van der Waals surface area contributed by atoms with Gasteiger partial charge in [0.2, 0.25) is 0 Å². The van der Waals surface area contributed by atoms with Gasteiger partial charge in [0.1, 0.15) is 6.10 Å². The Bertz CT molecular complexity index is 502. The molecule has 0 spiro atoms. The molecular formula is C16H15O2. The van der Waals surface area contributed by atoms with Gasteiger partial charge in [0.15, 0.2) is 0 Å². The lowest BCUT2D eigenvalue weighted by Gasteiger charge is -2.23. The third-order valence-electron chi connectivity index (χ3n) is 3.17. The first-order chi connectivity index (χ1) is 8.95. The molecule has 0 aliphatic carbocycles. The standard InChI is InChI=1S/C16H15O2/c1-2-7-13(8-3-1)14-9-4-5-10-15(14)16-11-6-12-17-18-16/h1-5,7-9,16H,6,11-12H2. The number of hydrogen-bond donors (Lipinski definition) is 0. The first kappa shape index (κ1) is 11.5. The second-order valence-corrected chi connectivity index (χ2v) is 4.41. The van der Waals surface area contributed by atoms with E-state index in [2.05, 4.69) is 24.3 Å². The van der Waals surface area contributed by atoms with Crippen molar-refractivity contribution in [1.29, 1.82) is 0 Å². The van der Waals surface area contributed by atoms with Crippen LogP contribution in [0, 0.1) is 6.07 Å². The minimum Gasteiger partial charge on any atom is -0.236 e. The van der Waals surface area contributed by atoms with Gasteiger partial charge >= 0.3 is 0 Å². The summed E-state index contributed by atoms with van der Waals surface area (Å²) in [5.41, 5.74) is 3.45. The Balaban J connectivity index is 1.99. The van der Waals surface area contributed by atoms with Gasteiger partial charge < -0.3 is 0 Å². The Morgan fingerprint density at radius 1 is 1.06 bits per heavy atom. The highest BCUT2D eigenvalue weighted by Crippen LogP contribution is 2.33. The summed E-state index contributed by atoms with van der Waals surface area (Å²) in [5, 5.41) is 0. The Kier molecular flexibility index (Phi) is 3.40. The van der Waals surface area contributed by atoms with E-state index in [4.69, 9.17) is 9.78 Å². The summed E-state index contributed by atoms with van der Waals surface area (Å²) in [6, 6.07) is 19.7. The summed E-state index contributed by atoms with van der Waals surface area (Å²) < 4.78 is 0. The fourth-order valence-corrected chi connectivity index (χ4v) is 2.28. The van der Waals surface area contributed by atoms with Crippen molar-refractivity contribution in [1.82, 2.24) is 0 Å². The monoisotopic (exact) mass is 239 g/mol. The maximum absolute atomic E-state index is 5.39. The van der Waals surface area contributed by atoms with E-state index in [0.717, 1.165) is 18.4 Å². The van der Waals surface area contributed by atoms with Crippen LogP contribution in [0.3, 0.4) is 0 Å². The molecule has 18 heavy (non-hydrogen) atoms. The van der Waals surface area contributed by atoms with Crippen LogP contribution in [0.15, 0.2) is 48.5 Å².